The molecule has 0 unspecified atom stereocenters. The first kappa shape index (κ1) is 10.7. The van der Waals surface area contributed by atoms with Crippen LogP contribution in [0.5, 0.6) is 5.75 Å². The summed E-state index contributed by atoms with van der Waals surface area (Å²) in [6.07, 6.45) is 0. The minimum absolute atomic E-state index is 0.292. The van der Waals surface area contributed by atoms with E-state index in [4.69, 9.17) is 4.74 Å². The summed E-state index contributed by atoms with van der Waals surface area (Å²) in [6, 6.07) is 7.79. The fourth-order valence-corrected chi connectivity index (χ4v) is 1.16. The maximum atomic E-state index is 10.7. The molecule has 0 amide bonds. The van der Waals surface area contributed by atoms with Crippen LogP contribution < -0.4 is 10.1 Å². The van der Waals surface area contributed by atoms with Gasteiger partial charge in [-0.15, -0.1) is 0 Å². The van der Waals surface area contributed by atoms with Crippen molar-refractivity contribution in [2.24, 2.45) is 0 Å². The number of rotatable bonds is 3. The largest absolute Gasteiger partial charge is 0.427 e. The summed E-state index contributed by atoms with van der Waals surface area (Å²) in [6.45, 7) is 3.46. The van der Waals surface area contributed by atoms with Gasteiger partial charge in [-0.25, -0.2) is 0 Å². The van der Waals surface area contributed by atoms with E-state index in [0.717, 1.165) is 0 Å². The van der Waals surface area contributed by atoms with E-state index in [9.17, 15) is 4.79 Å². The summed E-state index contributed by atoms with van der Waals surface area (Å²) in [5.41, 5.74) is 1.17. The van der Waals surface area contributed by atoms with E-state index in [2.05, 4.69) is 12.2 Å². The van der Waals surface area contributed by atoms with Gasteiger partial charge >= 0.3 is 5.97 Å². The molecule has 3 nitrogen and oxygen atoms in total. The van der Waals surface area contributed by atoms with E-state index < -0.39 is 0 Å². The molecule has 0 spiro atoms. The lowest BCUT2D eigenvalue weighted by atomic mass is 10.1. The summed E-state index contributed by atoms with van der Waals surface area (Å²) in [7, 11) is 1.91. The molecule has 1 aromatic carbocycles. The zero-order valence-corrected chi connectivity index (χ0v) is 8.70. The second kappa shape index (κ2) is 4.77. The quantitative estimate of drug-likeness (QED) is 0.588. The average molecular weight is 193 g/mol. The number of carbonyl (C=O) groups excluding carboxylic acids is 1. The van der Waals surface area contributed by atoms with Gasteiger partial charge in [-0.1, -0.05) is 12.1 Å². The molecule has 0 bridgehead atoms. The minimum Gasteiger partial charge on any atom is -0.427 e. The summed E-state index contributed by atoms with van der Waals surface area (Å²) >= 11 is 0. The number of carbonyl (C=O) groups is 1. The van der Waals surface area contributed by atoms with Crippen LogP contribution in [0.3, 0.4) is 0 Å². The molecule has 0 aromatic heterocycles. The van der Waals surface area contributed by atoms with Crippen LogP contribution in [0.25, 0.3) is 0 Å². The Balaban J connectivity index is 2.73. The number of hydrogen-bond acceptors (Lipinski definition) is 3. The van der Waals surface area contributed by atoms with Gasteiger partial charge in [-0.05, 0) is 31.7 Å². The van der Waals surface area contributed by atoms with Crippen LogP contribution in [-0.2, 0) is 4.79 Å². The minimum atomic E-state index is -0.292. The van der Waals surface area contributed by atoms with E-state index in [0.29, 0.717) is 11.8 Å². The van der Waals surface area contributed by atoms with Gasteiger partial charge in [-0.2, -0.15) is 0 Å². The highest BCUT2D eigenvalue weighted by Gasteiger charge is 2.02. The molecule has 0 radical (unpaired) electrons. The molecule has 0 aliphatic heterocycles. The fourth-order valence-electron chi connectivity index (χ4n) is 1.16. The molecular formula is C11H15NO2. The Morgan fingerprint density at radius 1 is 1.36 bits per heavy atom. The van der Waals surface area contributed by atoms with Crippen molar-refractivity contribution >= 4 is 5.97 Å². The van der Waals surface area contributed by atoms with Crippen LogP contribution in [0.4, 0.5) is 0 Å². The van der Waals surface area contributed by atoms with Crippen molar-refractivity contribution in [3.63, 3.8) is 0 Å². The maximum absolute atomic E-state index is 10.7. The number of ether oxygens (including phenoxy) is 1. The fraction of sp³-hybridized carbons (Fsp3) is 0.364. The molecule has 0 aliphatic carbocycles. The second-order valence-electron chi connectivity index (χ2n) is 3.17. The van der Waals surface area contributed by atoms with Gasteiger partial charge < -0.3 is 10.1 Å². The molecule has 1 aromatic rings. The highest BCUT2D eigenvalue weighted by molar-refractivity contribution is 5.69. The second-order valence-corrected chi connectivity index (χ2v) is 3.17. The Hall–Kier alpha value is -1.35. The van der Waals surface area contributed by atoms with Crippen molar-refractivity contribution in [1.82, 2.24) is 5.32 Å². The molecule has 14 heavy (non-hydrogen) atoms. The smallest absolute Gasteiger partial charge is 0.308 e. The number of nitrogens with one attached hydrogen (secondary N) is 1. The molecular weight excluding hydrogens is 178 g/mol. The van der Waals surface area contributed by atoms with Crippen molar-refractivity contribution in [3.8, 4) is 5.75 Å². The molecule has 0 saturated carbocycles. The zero-order chi connectivity index (χ0) is 10.6. The molecule has 1 N–H and O–H groups in total. The van der Waals surface area contributed by atoms with Crippen LogP contribution in [0.15, 0.2) is 24.3 Å². The molecule has 1 atom stereocenters. The summed E-state index contributed by atoms with van der Waals surface area (Å²) < 4.78 is 4.92. The van der Waals surface area contributed by atoms with E-state index >= 15 is 0 Å². The first-order chi connectivity index (χ1) is 6.63. The van der Waals surface area contributed by atoms with Gasteiger partial charge in [0.1, 0.15) is 5.75 Å². The molecule has 0 heterocycles. The van der Waals surface area contributed by atoms with Gasteiger partial charge in [0.2, 0.25) is 0 Å². The van der Waals surface area contributed by atoms with Crippen molar-refractivity contribution in [2.45, 2.75) is 19.9 Å². The Bertz CT molecular complexity index is 306. The standard InChI is InChI=1S/C11H15NO2/c1-8(12-3)10-4-6-11(7-5-10)14-9(2)13/h4-8,12H,1-3H3/t8-/m1/s1. The summed E-state index contributed by atoms with van der Waals surface area (Å²) in [4.78, 5) is 10.7. The predicted molar refractivity (Wildman–Crippen MR) is 55.2 cm³/mol. The van der Waals surface area contributed by atoms with E-state index in [-0.39, 0.29) is 5.97 Å². The lowest BCUT2D eigenvalue weighted by Gasteiger charge is -2.10. The molecule has 0 fully saturated rings. The van der Waals surface area contributed by atoms with Crippen molar-refractivity contribution in [3.05, 3.63) is 29.8 Å². The van der Waals surface area contributed by atoms with Crippen LogP contribution >= 0.6 is 0 Å². The van der Waals surface area contributed by atoms with Gasteiger partial charge in [-0.3, -0.25) is 4.79 Å². The highest BCUT2D eigenvalue weighted by Crippen LogP contribution is 2.17. The number of benzene rings is 1. The lowest BCUT2D eigenvalue weighted by Crippen LogP contribution is -2.12. The van der Waals surface area contributed by atoms with Crippen molar-refractivity contribution in [1.29, 1.82) is 0 Å². The summed E-state index contributed by atoms with van der Waals surface area (Å²) in [5.74, 6) is 0.295. The highest BCUT2D eigenvalue weighted by atomic mass is 16.5. The average Bonchev–Trinajstić information content (AvgIpc) is 2.17. The van der Waals surface area contributed by atoms with E-state index in [1.54, 1.807) is 12.1 Å². The molecule has 0 saturated heterocycles. The van der Waals surface area contributed by atoms with E-state index in [1.165, 1.54) is 12.5 Å². The van der Waals surface area contributed by atoms with Gasteiger partial charge in [0.25, 0.3) is 0 Å². The molecule has 76 valence electrons. The van der Waals surface area contributed by atoms with Crippen LogP contribution in [-0.4, -0.2) is 13.0 Å². The van der Waals surface area contributed by atoms with Crippen molar-refractivity contribution in [2.75, 3.05) is 7.05 Å². The van der Waals surface area contributed by atoms with Crippen LogP contribution in [0.2, 0.25) is 0 Å². The normalized spacial score (nSPS) is 12.2. The van der Waals surface area contributed by atoms with Crippen LogP contribution in [0, 0.1) is 0 Å². The van der Waals surface area contributed by atoms with Gasteiger partial charge in [0.05, 0.1) is 0 Å². The summed E-state index contributed by atoms with van der Waals surface area (Å²) in [5, 5.41) is 3.13. The Morgan fingerprint density at radius 3 is 2.36 bits per heavy atom. The van der Waals surface area contributed by atoms with Gasteiger partial charge in [0.15, 0.2) is 0 Å². The topological polar surface area (TPSA) is 38.3 Å². The third-order valence-corrected chi connectivity index (χ3v) is 2.07. The Labute approximate surface area is 84.1 Å². The van der Waals surface area contributed by atoms with Crippen molar-refractivity contribution < 1.29 is 9.53 Å². The molecule has 3 heteroatoms. The number of hydrogen-bond donors (Lipinski definition) is 1. The third kappa shape index (κ3) is 2.85. The third-order valence-electron chi connectivity index (χ3n) is 2.07. The number of esters is 1. The zero-order valence-electron chi connectivity index (χ0n) is 8.70. The molecule has 1 rings (SSSR count). The first-order valence-corrected chi connectivity index (χ1v) is 4.59. The monoisotopic (exact) mass is 193 g/mol. The maximum Gasteiger partial charge on any atom is 0.308 e. The van der Waals surface area contributed by atoms with Crippen LogP contribution in [0.1, 0.15) is 25.5 Å². The lowest BCUT2D eigenvalue weighted by molar-refractivity contribution is -0.131. The SMILES string of the molecule is CN[C@H](C)c1ccc(OC(C)=O)cc1. The molecule has 0 aliphatic rings. The predicted octanol–water partition coefficient (Wildman–Crippen LogP) is 1.89. The Kier molecular flexibility index (Phi) is 3.65. The Morgan fingerprint density at radius 2 is 1.93 bits per heavy atom. The first-order valence-electron chi connectivity index (χ1n) is 4.59. The van der Waals surface area contributed by atoms with Gasteiger partial charge in [0, 0.05) is 13.0 Å². The van der Waals surface area contributed by atoms with E-state index in [1.807, 2.05) is 19.2 Å².